The van der Waals surface area contributed by atoms with Gasteiger partial charge in [0.2, 0.25) is 0 Å². The monoisotopic (exact) mass is 313 g/mol. The lowest BCUT2D eigenvalue weighted by Crippen LogP contribution is -2.23. The van der Waals surface area contributed by atoms with Crippen molar-refractivity contribution in [1.82, 2.24) is 9.47 Å². The molecule has 0 aliphatic carbocycles. The quantitative estimate of drug-likeness (QED) is 0.867. The van der Waals surface area contributed by atoms with Crippen molar-refractivity contribution in [2.75, 3.05) is 7.05 Å². The Morgan fingerprint density at radius 1 is 1.23 bits per heavy atom. The maximum atomic E-state index is 12.3. The molecule has 1 aliphatic rings. The minimum Gasteiger partial charge on any atom is -0.508 e. The number of likely N-dealkylation sites (N-methyl/N-ethyl adjacent to an activating group) is 1. The maximum Gasteiger partial charge on any atom is 0.266 e. The standard InChI is InChI=1S/C16H15N3O2S/c1-18-8-4-6-12(18)10-14-15(21)19(2)16(22-14)17-11-5-3-7-13(20)9-11/h3-10,20H,1-2H3/b14-10-,17-16?. The van der Waals surface area contributed by atoms with Gasteiger partial charge in [0.05, 0.1) is 10.6 Å². The third-order valence-corrected chi connectivity index (χ3v) is 4.38. The van der Waals surface area contributed by atoms with Gasteiger partial charge in [-0.25, -0.2) is 4.99 Å². The van der Waals surface area contributed by atoms with Crippen molar-refractivity contribution >= 4 is 34.6 Å². The van der Waals surface area contributed by atoms with E-state index in [0.29, 0.717) is 15.8 Å². The Hall–Kier alpha value is -2.47. The van der Waals surface area contributed by atoms with Crippen LogP contribution in [0.1, 0.15) is 5.69 Å². The average Bonchev–Trinajstić information content (AvgIpc) is 2.99. The van der Waals surface area contributed by atoms with E-state index in [0.717, 1.165) is 5.69 Å². The van der Waals surface area contributed by atoms with Gasteiger partial charge < -0.3 is 9.67 Å². The fourth-order valence-electron chi connectivity index (χ4n) is 2.08. The summed E-state index contributed by atoms with van der Waals surface area (Å²) >= 11 is 1.33. The lowest BCUT2D eigenvalue weighted by Gasteiger charge is -2.07. The van der Waals surface area contributed by atoms with Gasteiger partial charge in [-0.1, -0.05) is 6.07 Å². The van der Waals surface area contributed by atoms with Crippen LogP contribution >= 0.6 is 11.8 Å². The van der Waals surface area contributed by atoms with Gasteiger partial charge in [-0.2, -0.15) is 0 Å². The van der Waals surface area contributed by atoms with Crippen LogP contribution in [0.4, 0.5) is 5.69 Å². The molecular formula is C16H15N3O2S. The summed E-state index contributed by atoms with van der Waals surface area (Å²) in [4.78, 5) is 18.9. The Bertz CT molecular complexity index is 792. The first-order valence-corrected chi connectivity index (χ1v) is 7.53. The number of benzene rings is 1. The number of carbonyl (C=O) groups is 1. The number of hydrogen-bond donors (Lipinski definition) is 1. The van der Waals surface area contributed by atoms with E-state index in [9.17, 15) is 9.90 Å². The van der Waals surface area contributed by atoms with Crippen molar-refractivity contribution in [3.63, 3.8) is 0 Å². The minimum absolute atomic E-state index is 0.0786. The molecule has 3 rings (SSSR count). The summed E-state index contributed by atoms with van der Waals surface area (Å²) in [5.74, 6) is 0.0727. The van der Waals surface area contributed by atoms with Gasteiger partial charge in [0.25, 0.3) is 5.91 Å². The number of amidine groups is 1. The Morgan fingerprint density at radius 3 is 2.73 bits per heavy atom. The predicted octanol–water partition coefficient (Wildman–Crippen LogP) is 2.96. The van der Waals surface area contributed by atoms with Crippen molar-refractivity contribution in [3.8, 4) is 5.75 Å². The second kappa shape index (κ2) is 5.73. The van der Waals surface area contributed by atoms with Gasteiger partial charge in [-0.05, 0) is 42.1 Å². The lowest BCUT2D eigenvalue weighted by molar-refractivity contribution is -0.121. The highest BCUT2D eigenvalue weighted by molar-refractivity contribution is 8.18. The number of phenolic OH excluding ortho intramolecular Hbond substituents is 1. The summed E-state index contributed by atoms with van der Waals surface area (Å²) in [6, 6.07) is 10.5. The number of nitrogens with zero attached hydrogens (tertiary/aromatic N) is 3. The van der Waals surface area contributed by atoms with E-state index >= 15 is 0 Å². The van der Waals surface area contributed by atoms with Crippen LogP contribution in [-0.4, -0.2) is 32.7 Å². The number of rotatable bonds is 2. The number of hydrogen-bond acceptors (Lipinski definition) is 4. The highest BCUT2D eigenvalue weighted by Crippen LogP contribution is 2.33. The van der Waals surface area contributed by atoms with Gasteiger partial charge in [-0.3, -0.25) is 9.69 Å². The molecule has 1 aromatic heterocycles. The molecule has 6 heteroatoms. The summed E-state index contributed by atoms with van der Waals surface area (Å²) in [5.41, 5.74) is 1.57. The van der Waals surface area contributed by atoms with Crippen LogP contribution in [0.2, 0.25) is 0 Å². The average molecular weight is 313 g/mol. The van der Waals surface area contributed by atoms with Gasteiger partial charge in [-0.15, -0.1) is 0 Å². The predicted molar refractivity (Wildman–Crippen MR) is 89.0 cm³/mol. The molecule has 1 fully saturated rings. The van der Waals surface area contributed by atoms with Crippen LogP contribution in [0.25, 0.3) is 6.08 Å². The summed E-state index contributed by atoms with van der Waals surface area (Å²) in [5, 5.41) is 10.1. The third kappa shape index (κ3) is 2.78. The zero-order valence-electron chi connectivity index (χ0n) is 12.2. The van der Waals surface area contributed by atoms with Crippen LogP contribution in [-0.2, 0) is 11.8 Å². The molecule has 0 bridgehead atoms. The van der Waals surface area contributed by atoms with Crippen molar-refractivity contribution in [2.24, 2.45) is 12.0 Å². The number of amides is 1. The Morgan fingerprint density at radius 2 is 2.05 bits per heavy atom. The van der Waals surface area contributed by atoms with E-state index in [1.54, 1.807) is 31.3 Å². The maximum absolute atomic E-state index is 12.3. The van der Waals surface area contributed by atoms with E-state index < -0.39 is 0 Å². The molecule has 0 unspecified atom stereocenters. The summed E-state index contributed by atoms with van der Waals surface area (Å²) in [7, 11) is 3.63. The SMILES string of the molecule is CN1C(=O)/C(=C/c2cccn2C)SC1=Nc1cccc(O)c1. The molecule has 0 spiro atoms. The fraction of sp³-hybridized carbons (Fsp3) is 0.125. The summed E-state index contributed by atoms with van der Waals surface area (Å²) in [6.45, 7) is 0. The minimum atomic E-state index is -0.0786. The smallest absolute Gasteiger partial charge is 0.266 e. The largest absolute Gasteiger partial charge is 0.508 e. The van der Waals surface area contributed by atoms with Crippen molar-refractivity contribution in [2.45, 2.75) is 0 Å². The molecule has 5 nitrogen and oxygen atoms in total. The number of phenols is 1. The number of aromatic hydroxyl groups is 1. The molecule has 1 aliphatic heterocycles. The second-order valence-corrected chi connectivity index (χ2v) is 5.94. The lowest BCUT2D eigenvalue weighted by atomic mass is 10.3. The molecule has 2 aromatic rings. The molecule has 1 N–H and O–H groups in total. The number of thioether (sulfide) groups is 1. The Labute approximate surface area is 132 Å². The third-order valence-electron chi connectivity index (χ3n) is 3.32. The van der Waals surface area contributed by atoms with E-state index in [2.05, 4.69) is 4.99 Å². The van der Waals surface area contributed by atoms with Crippen molar-refractivity contribution in [3.05, 3.63) is 53.2 Å². The molecule has 0 saturated carbocycles. The first-order chi connectivity index (χ1) is 10.5. The number of aryl methyl sites for hydroxylation is 1. The Kier molecular flexibility index (Phi) is 3.77. The highest BCUT2D eigenvalue weighted by atomic mass is 32.2. The van der Waals surface area contributed by atoms with Crippen LogP contribution in [0, 0.1) is 0 Å². The van der Waals surface area contributed by atoms with Crippen LogP contribution in [0.3, 0.4) is 0 Å². The van der Waals surface area contributed by atoms with E-state index in [1.807, 2.05) is 36.0 Å². The first kappa shape index (κ1) is 14.5. The molecule has 0 radical (unpaired) electrons. The summed E-state index contributed by atoms with van der Waals surface area (Å²) in [6.07, 6.45) is 3.79. The highest BCUT2D eigenvalue weighted by Gasteiger charge is 2.30. The molecule has 2 heterocycles. The zero-order chi connectivity index (χ0) is 15.7. The van der Waals surface area contributed by atoms with Gasteiger partial charge in [0.15, 0.2) is 5.17 Å². The number of carbonyl (C=O) groups excluding carboxylic acids is 1. The molecular weight excluding hydrogens is 298 g/mol. The molecule has 1 aromatic carbocycles. The zero-order valence-corrected chi connectivity index (χ0v) is 13.0. The molecule has 112 valence electrons. The van der Waals surface area contributed by atoms with Crippen LogP contribution in [0.5, 0.6) is 5.75 Å². The number of aliphatic imine (C=N–C) groups is 1. The molecule has 0 atom stereocenters. The van der Waals surface area contributed by atoms with Gasteiger partial charge >= 0.3 is 0 Å². The van der Waals surface area contributed by atoms with Crippen molar-refractivity contribution in [1.29, 1.82) is 0 Å². The van der Waals surface area contributed by atoms with Gasteiger partial charge in [0, 0.05) is 32.1 Å². The van der Waals surface area contributed by atoms with Gasteiger partial charge in [0.1, 0.15) is 5.75 Å². The molecule has 22 heavy (non-hydrogen) atoms. The van der Waals surface area contributed by atoms with Crippen molar-refractivity contribution < 1.29 is 9.90 Å². The second-order valence-electron chi connectivity index (χ2n) is 4.93. The number of aromatic nitrogens is 1. The topological polar surface area (TPSA) is 57.8 Å². The van der Waals surface area contributed by atoms with Crippen LogP contribution in [0.15, 0.2) is 52.5 Å². The normalized spacial score (nSPS) is 18.6. The van der Waals surface area contributed by atoms with Crippen LogP contribution < -0.4 is 0 Å². The Balaban J connectivity index is 1.92. The summed E-state index contributed by atoms with van der Waals surface area (Å²) < 4.78 is 1.95. The fourth-order valence-corrected chi connectivity index (χ4v) is 3.05. The van der Waals surface area contributed by atoms with E-state index in [1.165, 1.54) is 16.7 Å². The van der Waals surface area contributed by atoms with E-state index in [-0.39, 0.29) is 11.7 Å². The first-order valence-electron chi connectivity index (χ1n) is 6.71. The molecule has 1 amide bonds. The van der Waals surface area contributed by atoms with E-state index in [4.69, 9.17) is 0 Å². The molecule has 1 saturated heterocycles.